The zero-order valence-electron chi connectivity index (χ0n) is 15.1. The number of rotatable bonds is 6. The molecule has 5 heteroatoms. The van der Waals surface area contributed by atoms with E-state index in [0.717, 1.165) is 63.5 Å². The third-order valence-corrected chi connectivity index (χ3v) is 6.34. The maximum absolute atomic E-state index is 12.8. The maximum atomic E-state index is 12.8. The van der Waals surface area contributed by atoms with Crippen LogP contribution in [0, 0.1) is 0 Å². The smallest absolute Gasteiger partial charge is 0.264 e. The highest BCUT2D eigenvalue weighted by Gasteiger charge is 2.26. The number of carbonyl (C=O) groups is 1. The van der Waals surface area contributed by atoms with Crippen molar-refractivity contribution in [2.45, 2.75) is 52.1 Å². The Morgan fingerprint density at radius 2 is 2.08 bits per heavy atom. The molecule has 0 radical (unpaired) electrons. The van der Waals surface area contributed by atoms with Crippen LogP contribution in [-0.4, -0.2) is 61.1 Å². The summed E-state index contributed by atoms with van der Waals surface area (Å²) >= 11 is 1.71. The van der Waals surface area contributed by atoms with Crippen LogP contribution in [0.15, 0.2) is 6.07 Å². The second kappa shape index (κ2) is 8.45. The number of aryl methyl sites for hydroxylation is 2. The van der Waals surface area contributed by atoms with Crippen LogP contribution in [0.2, 0.25) is 0 Å². The van der Waals surface area contributed by atoms with E-state index in [4.69, 9.17) is 4.74 Å². The quantitative estimate of drug-likeness (QED) is 0.790. The van der Waals surface area contributed by atoms with E-state index >= 15 is 0 Å². The van der Waals surface area contributed by atoms with Crippen LogP contribution in [-0.2, 0) is 17.6 Å². The number of hydrogen-bond donors (Lipinski definition) is 0. The van der Waals surface area contributed by atoms with E-state index in [1.54, 1.807) is 11.3 Å². The maximum Gasteiger partial charge on any atom is 0.264 e. The molecule has 1 amide bonds. The van der Waals surface area contributed by atoms with Gasteiger partial charge in [-0.15, -0.1) is 11.3 Å². The molecule has 0 bridgehead atoms. The van der Waals surface area contributed by atoms with Gasteiger partial charge in [-0.1, -0.05) is 20.3 Å². The molecule has 1 atom stereocenters. The summed E-state index contributed by atoms with van der Waals surface area (Å²) in [7, 11) is 0. The van der Waals surface area contributed by atoms with Gasteiger partial charge in [-0.25, -0.2) is 0 Å². The van der Waals surface area contributed by atoms with Gasteiger partial charge in [-0.05, 0) is 37.3 Å². The van der Waals surface area contributed by atoms with E-state index in [-0.39, 0.29) is 5.91 Å². The van der Waals surface area contributed by atoms with Gasteiger partial charge in [0.25, 0.3) is 5.91 Å². The van der Waals surface area contributed by atoms with Crippen molar-refractivity contribution in [3.63, 3.8) is 0 Å². The molecule has 1 aromatic heterocycles. The number of nitrogens with zero attached hydrogens (tertiary/aromatic N) is 2. The molecule has 0 N–H and O–H groups in total. The lowest BCUT2D eigenvalue weighted by Crippen LogP contribution is -2.50. The molecule has 134 valence electrons. The summed E-state index contributed by atoms with van der Waals surface area (Å²) < 4.78 is 5.73. The Balaban J connectivity index is 1.54. The predicted molar refractivity (Wildman–Crippen MR) is 99.0 cm³/mol. The summed E-state index contributed by atoms with van der Waals surface area (Å²) in [5.74, 6) is 0.230. The lowest BCUT2D eigenvalue weighted by Gasteiger charge is -2.35. The highest BCUT2D eigenvalue weighted by molar-refractivity contribution is 7.14. The molecular weight excluding hydrogens is 320 g/mol. The summed E-state index contributed by atoms with van der Waals surface area (Å²) in [6.45, 7) is 9.96. The number of ether oxygens (including phenoxy) is 1. The minimum atomic E-state index is 0.230. The van der Waals surface area contributed by atoms with Crippen molar-refractivity contribution < 1.29 is 9.53 Å². The van der Waals surface area contributed by atoms with Gasteiger partial charge in [0.15, 0.2) is 0 Å². The average molecular weight is 351 g/mol. The topological polar surface area (TPSA) is 32.8 Å². The van der Waals surface area contributed by atoms with Crippen LogP contribution in [0.5, 0.6) is 0 Å². The third kappa shape index (κ3) is 4.19. The van der Waals surface area contributed by atoms with Gasteiger partial charge in [-0.3, -0.25) is 9.69 Å². The standard InChI is InChI=1S/C19H30N2O2S/c1-3-6-17-15(4-2)13-18(24-17)19(22)21-10-8-20(9-11-21)14-16-7-5-12-23-16/h13,16H,3-12,14H2,1-2H3. The molecular formula is C19H30N2O2S. The first-order valence-corrected chi connectivity index (χ1v) is 10.3. The predicted octanol–water partition coefficient (Wildman–Crippen LogP) is 3.20. The lowest BCUT2D eigenvalue weighted by molar-refractivity contribution is 0.0435. The van der Waals surface area contributed by atoms with Crippen LogP contribution in [0.1, 0.15) is 53.2 Å². The molecule has 0 saturated carbocycles. The Hall–Kier alpha value is -0.910. The molecule has 24 heavy (non-hydrogen) atoms. The third-order valence-electron chi connectivity index (χ3n) is 5.11. The largest absolute Gasteiger partial charge is 0.377 e. The Bertz CT molecular complexity index is 544. The van der Waals surface area contributed by atoms with Crippen LogP contribution in [0.25, 0.3) is 0 Å². The zero-order chi connectivity index (χ0) is 16.9. The van der Waals surface area contributed by atoms with Gasteiger partial charge in [0.05, 0.1) is 11.0 Å². The average Bonchev–Trinajstić information content (AvgIpc) is 3.25. The number of hydrogen-bond acceptors (Lipinski definition) is 4. The molecule has 4 nitrogen and oxygen atoms in total. The van der Waals surface area contributed by atoms with Gasteiger partial charge in [0.2, 0.25) is 0 Å². The molecule has 1 unspecified atom stereocenters. The van der Waals surface area contributed by atoms with E-state index in [1.807, 2.05) is 4.90 Å². The van der Waals surface area contributed by atoms with E-state index in [1.165, 1.54) is 23.3 Å². The number of amides is 1. The highest BCUT2D eigenvalue weighted by Crippen LogP contribution is 2.26. The van der Waals surface area contributed by atoms with Crippen molar-refractivity contribution >= 4 is 17.2 Å². The van der Waals surface area contributed by atoms with Crippen LogP contribution >= 0.6 is 11.3 Å². The van der Waals surface area contributed by atoms with Crippen LogP contribution in [0.3, 0.4) is 0 Å². The zero-order valence-corrected chi connectivity index (χ0v) is 15.9. The normalized spacial score (nSPS) is 22.2. The molecule has 2 aliphatic rings. The Labute approximate surface area is 149 Å². The fraction of sp³-hybridized carbons (Fsp3) is 0.737. The molecule has 2 saturated heterocycles. The van der Waals surface area contributed by atoms with Crippen LogP contribution in [0.4, 0.5) is 0 Å². The molecule has 3 rings (SSSR count). The second-order valence-electron chi connectivity index (χ2n) is 6.89. The van der Waals surface area contributed by atoms with Crippen molar-refractivity contribution in [3.05, 3.63) is 21.4 Å². The first-order chi connectivity index (χ1) is 11.7. The van der Waals surface area contributed by atoms with Gasteiger partial charge in [0, 0.05) is 44.2 Å². The van der Waals surface area contributed by atoms with Gasteiger partial charge < -0.3 is 9.64 Å². The van der Waals surface area contributed by atoms with E-state index in [2.05, 4.69) is 24.8 Å². The van der Waals surface area contributed by atoms with Crippen molar-refractivity contribution in [2.24, 2.45) is 0 Å². The Kier molecular flexibility index (Phi) is 6.31. The van der Waals surface area contributed by atoms with Crippen molar-refractivity contribution in [3.8, 4) is 0 Å². The number of thiophene rings is 1. The lowest BCUT2D eigenvalue weighted by atomic mass is 10.1. The van der Waals surface area contributed by atoms with Crippen molar-refractivity contribution in [1.82, 2.24) is 9.80 Å². The summed E-state index contributed by atoms with van der Waals surface area (Å²) in [5, 5.41) is 0. The number of carbonyl (C=O) groups excluding carboxylic acids is 1. The molecule has 2 aliphatic heterocycles. The highest BCUT2D eigenvalue weighted by atomic mass is 32.1. The van der Waals surface area contributed by atoms with E-state index < -0.39 is 0 Å². The summed E-state index contributed by atoms with van der Waals surface area (Å²) in [6.07, 6.45) is 6.05. The fourth-order valence-corrected chi connectivity index (χ4v) is 5.00. The van der Waals surface area contributed by atoms with Gasteiger partial charge in [0.1, 0.15) is 0 Å². The van der Waals surface area contributed by atoms with Crippen molar-refractivity contribution in [2.75, 3.05) is 39.3 Å². The van der Waals surface area contributed by atoms with E-state index in [9.17, 15) is 4.79 Å². The minimum absolute atomic E-state index is 0.230. The Morgan fingerprint density at radius 3 is 2.71 bits per heavy atom. The van der Waals surface area contributed by atoms with Gasteiger partial charge >= 0.3 is 0 Å². The fourth-order valence-electron chi connectivity index (χ4n) is 3.68. The summed E-state index contributed by atoms with van der Waals surface area (Å²) in [6, 6.07) is 2.14. The molecule has 2 fully saturated rings. The molecule has 3 heterocycles. The Morgan fingerprint density at radius 1 is 1.29 bits per heavy atom. The SMILES string of the molecule is CCCc1sc(C(=O)N2CCN(CC3CCCO3)CC2)cc1CC. The first kappa shape index (κ1) is 17.9. The minimum Gasteiger partial charge on any atom is -0.377 e. The van der Waals surface area contributed by atoms with E-state index in [0.29, 0.717) is 6.10 Å². The molecule has 0 spiro atoms. The van der Waals surface area contributed by atoms with Crippen LogP contribution < -0.4 is 0 Å². The summed E-state index contributed by atoms with van der Waals surface area (Å²) in [4.78, 5) is 19.7. The molecule has 0 aromatic carbocycles. The molecule has 0 aliphatic carbocycles. The summed E-state index contributed by atoms with van der Waals surface area (Å²) in [5.41, 5.74) is 1.36. The second-order valence-corrected chi connectivity index (χ2v) is 8.03. The number of piperazine rings is 1. The van der Waals surface area contributed by atoms with Gasteiger partial charge in [-0.2, -0.15) is 0 Å². The molecule has 1 aromatic rings. The monoisotopic (exact) mass is 350 g/mol. The van der Waals surface area contributed by atoms with Crippen molar-refractivity contribution in [1.29, 1.82) is 0 Å². The first-order valence-electron chi connectivity index (χ1n) is 9.46.